The molecule has 0 aliphatic carbocycles. The van der Waals surface area contributed by atoms with Crippen LogP contribution in [-0.4, -0.2) is 16.8 Å². The molecule has 5 heteroatoms. The summed E-state index contributed by atoms with van der Waals surface area (Å²) in [5.74, 6) is 1.42. The number of aromatic nitrogens is 1. The van der Waals surface area contributed by atoms with Crippen LogP contribution in [0.1, 0.15) is 25.5 Å². The third-order valence-corrected chi connectivity index (χ3v) is 1.93. The van der Waals surface area contributed by atoms with Crippen molar-refractivity contribution in [1.82, 2.24) is 10.5 Å². The third kappa shape index (κ3) is 3.74. The average Bonchev–Trinajstić information content (AvgIpc) is 2.52. The van der Waals surface area contributed by atoms with Gasteiger partial charge in [-0.2, -0.15) is 0 Å². The van der Waals surface area contributed by atoms with Crippen LogP contribution in [-0.2, 0) is 0 Å². The molecule has 0 bridgehead atoms. The molecule has 0 saturated carbocycles. The quantitative estimate of drug-likeness (QED) is 0.592. The van der Waals surface area contributed by atoms with Crippen LogP contribution in [0.4, 0.5) is 5.82 Å². The highest BCUT2D eigenvalue weighted by Gasteiger charge is 2.01. The maximum Gasteiger partial charge on any atom is 0.175 e. The molecule has 0 unspecified atom stereocenters. The zero-order chi connectivity index (χ0) is 10.4. The minimum atomic E-state index is 0.590. The van der Waals surface area contributed by atoms with Crippen molar-refractivity contribution in [2.75, 3.05) is 11.9 Å². The molecular weight excluding hydrogens is 198 g/mol. The molecule has 1 rings (SSSR count). The highest BCUT2D eigenvalue weighted by Crippen LogP contribution is 2.06. The molecule has 0 aliphatic rings. The lowest BCUT2D eigenvalue weighted by atomic mass is 10.3. The second-order valence-electron chi connectivity index (χ2n) is 3.06. The number of unbranched alkanes of at least 4 members (excludes halogenated alkanes) is 1. The van der Waals surface area contributed by atoms with E-state index in [1.54, 1.807) is 6.07 Å². The van der Waals surface area contributed by atoms with Gasteiger partial charge in [-0.1, -0.05) is 18.5 Å². The molecule has 1 aromatic rings. The van der Waals surface area contributed by atoms with Crippen LogP contribution in [0.2, 0.25) is 0 Å². The van der Waals surface area contributed by atoms with Crippen molar-refractivity contribution in [2.24, 2.45) is 0 Å². The Labute approximate surface area is 89.0 Å². The molecule has 2 N–H and O–H groups in total. The van der Waals surface area contributed by atoms with E-state index in [-0.39, 0.29) is 0 Å². The maximum atomic E-state index is 5.05. The van der Waals surface area contributed by atoms with E-state index in [9.17, 15) is 0 Å². The van der Waals surface area contributed by atoms with Gasteiger partial charge in [-0.25, -0.2) is 0 Å². The summed E-state index contributed by atoms with van der Waals surface area (Å²) in [5, 5.41) is 10.4. The molecule has 1 aromatic heterocycles. The summed E-state index contributed by atoms with van der Waals surface area (Å²) in [4.78, 5) is 0. The fourth-order valence-corrected chi connectivity index (χ4v) is 1.17. The molecule has 78 valence electrons. The van der Waals surface area contributed by atoms with Crippen LogP contribution in [0.15, 0.2) is 10.6 Å². The molecule has 0 amide bonds. The second kappa shape index (κ2) is 5.59. The predicted octanol–water partition coefficient (Wildman–Crippen LogP) is 2.07. The van der Waals surface area contributed by atoms with Gasteiger partial charge < -0.3 is 15.2 Å². The first kappa shape index (κ1) is 11.0. The fourth-order valence-electron chi connectivity index (χ4n) is 0.965. The van der Waals surface area contributed by atoms with Crippen molar-refractivity contribution < 1.29 is 4.52 Å². The first-order valence-corrected chi connectivity index (χ1v) is 5.11. The highest BCUT2D eigenvalue weighted by molar-refractivity contribution is 7.80. The molecule has 0 aliphatic heterocycles. The summed E-state index contributed by atoms with van der Waals surface area (Å²) in [6.45, 7) is 4.87. The highest BCUT2D eigenvalue weighted by atomic mass is 32.1. The molecule has 0 atom stereocenters. The Morgan fingerprint density at radius 3 is 3.00 bits per heavy atom. The van der Waals surface area contributed by atoms with E-state index in [4.69, 9.17) is 16.7 Å². The Balaban J connectivity index is 2.27. The Bertz CT molecular complexity index is 298. The zero-order valence-corrected chi connectivity index (χ0v) is 9.28. The van der Waals surface area contributed by atoms with Gasteiger partial charge in [-0.15, -0.1) is 0 Å². The second-order valence-corrected chi connectivity index (χ2v) is 3.47. The van der Waals surface area contributed by atoms with Gasteiger partial charge in [-0.3, -0.25) is 0 Å². The normalized spacial score (nSPS) is 9.86. The fraction of sp³-hybridized carbons (Fsp3) is 0.556. The molecule has 14 heavy (non-hydrogen) atoms. The average molecular weight is 213 g/mol. The van der Waals surface area contributed by atoms with Crippen molar-refractivity contribution >= 4 is 23.1 Å². The lowest BCUT2D eigenvalue weighted by Gasteiger charge is -2.06. The molecule has 0 spiro atoms. The summed E-state index contributed by atoms with van der Waals surface area (Å²) in [6, 6.07) is 1.80. The summed E-state index contributed by atoms with van der Waals surface area (Å²) < 4.78 is 4.89. The Kier molecular flexibility index (Phi) is 4.39. The molecule has 0 fully saturated rings. The van der Waals surface area contributed by atoms with Crippen molar-refractivity contribution in [3.8, 4) is 0 Å². The van der Waals surface area contributed by atoms with Gasteiger partial charge in [0.05, 0.1) is 0 Å². The van der Waals surface area contributed by atoms with Gasteiger partial charge in [0, 0.05) is 12.6 Å². The summed E-state index contributed by atoms with van der Waals surface area (Å²) in [5.41, 5.74) is 0. The molecule has 1 heterocycles. The number of nitrogens with zero attached hydrogens (tertiary/aromatic N) is 1. The SMILES string of the molecule is CCCCNC(=S)Nc1cc(C)on1. The Morgan fingerprint density at radius 1 is 1.64 bits per heavy atom. The van der Waals surface area contributed by atoms with Crippen molar-refractivity contribution in [3.63, 3.8) is 0 Å². The lowest BCUT2D eigenvalue weighted by molar-refractivity contribution is 0.400. The van der Waals surface area contributed by atoms with Crippen LogP contribution < -0.4 is 10.6 Å². The number of thiocarbonyl (C=S) groups is 1. The van der Waals surface area contributed by atoms with E-state index in [0.717, 1.165) is 25.1 Å². The first-order valence-electron chi connectivity index (χ1n) is 4.70. The number of anilines is 1. The van der Waals surface area contributed by atoms with Gasteiger partial charge >= 0.3 is 0 Å². The molecule has 4 nitrogen and oxygen atoms in total. The molecular formula is C9H15N3OS. The van der Waals surface area contributed by atoms with Crippen molar-refractivity contribution in [2.45, 2.75) is 26.7 Å². The van der Waals surface area contributed by atoms with Crippen molar-refractivity contribution in [1.29, 1.82) is 0 Å². The van der Waals surface area contributed by atoms with Gasteiger partial charge in [0.15, 0.2) is 10.9 Å². The van der Waals surface area contributed by atoms with E-state index in [1.807, 2.05) is 6.92 Å². The van der Waals surface area contributed by atoms with Gasteiger partial charge in [-0.05, 0) is 25.6 Å². The molecule has 0 saturated heterocycles. The van der Waals surface area contributed by atoms with Gasteiger partial charge in [0.1, 0.15) is 5.76 Å². The Hall–Kier alpha value is -1.10. The van der Waals surface area contributed by atoms with E-state index in [0.29, 0.717) is 10.9 Å². The third-order valence-electron chi connectivity index (χ3n) is 1.69. The van der Waals surface area contributed by atoms with Crippen molar-refractivity contribution in [3.05, 3.63) is 11.8 Å². The van der Waals surface area contributed by atoms with E-state index in [2.05, 4.69) is 22.7 Å². The van der Waals surface area contributed by atoms with Gasteiger partial charge in [0.2, 0.25) is 0 Å². The van der Waals surface area contributed by atoms with E-state index >= 15 is 0 Å². The zero-order valence-electron chi connectivity index (χ0n) is 8.46. The smallest absolute Gasteiger partial charge is 0.175 e. The number of rotatable bonds is 4. The Morgan fingerprint density at radius 2 is 2.43 bits per heavy atom. The lowest BCUT2D eigenvalue weighted by Crippen LogP contribution is -2.29. The van der Waals surface area contributed by atoms with Crippen LogP contribution in [0, 0.1) is 6.92 Å². The maximum absolute atomic E-state index is 5.05. The number of hydrogen-bond donors (Lipinski definition) is 2. The largest absolute Gasteiger partial charge is 0.362 e. The minimum absolute atomic E-state index is 0.590. The number of aryl methyl sites for hydroxylation is 1. The summed E-state index contributed by atoms with van der Waals surface area (Å²) in [6.07, 6.45) is 2.26. The van der Waals surface area contributed by atoms with E-state index in [1.165, 1.54) is 0 Å². The van der Waals surface area contributed by atoms with Crippen LogP contribution in [0.5, 0.6) is 0 Å². The standard InChI is InChI=1S/C9H15N3OS/c1-3-4-5-10-9(14)11-8-6-7(2)13-12-8/h6H,3-5H2,1-2H3,(H2,10,11,12,14). The summed E-state index contributed by atoms with van der Waals surface area (Å²) in [7, 11) is 0. The van der Waals surface area contributed by atoms with Crippen LogP contribution in [0.3, 0.4) is 0 Å². The minimum Gasteiger partial charge on any atom is -0.362 e. The van der Waals surface area contributed by atoms with Gasteiger partial charge in [0.25, 0.3) is 0 Å². The number of hydrogen-bond acceptors (Lipinski definition) is 3. The van der Waals surface area contributed by atoms with Crippen LogP contribution in [0.25, 0.3) is 0 Å². The first-order chi connectivity index (χ1) is 6.72. The molecule has 0 aromatic carbocycles. The van der Waals surface area contributed by atoms with E-state index < -0.39 is 0 Å². The topological polar surface area (TPSA) is 50.1 Å². The predicted molar refractivity (Wildman–Crippen MR) is 60.4 cm³/mol. The van der Waals surface area contributed by atoms with Crippen LogP contribution >= 0.6 is 12.2 Å². The number of nitrogens with one attached hydrogen (secondary N) is 2. The monoisotopic (exact) mass is 213 g/mol. The summed E-state index contributed by atoms with van der Waals surface area (Å²) >= 11 is 5.05. The molecule has 0 radical (unpaired) electrons.